The molecule has 0 aromatic rings. The number of allylic oxidation sites excluding steroid dienone is 1. The van der Waals surface area contributed by atoms with Gasteiger partial charge in [0.1, 0.15) is 12.2 Å². The molecule has 0 radical (unpaired) electrons. The van der Waals surface area contributed by atoms with Gasteiger partial charge in [-0.25, -0.2) is 0 Å². The van der Waals surface area contributed by atoms with Crippen LogP contribution in [0.15, 0.2) is 11.6 Å². The number of ether oxygens (including phenoxy) is 1. The Labute approximate surface area is 138 Å². The zero-order chi connectivity index (χ0) is 16.0. The van der Waals surface area contributed by atoms with Crippen LogP contribution in [0.2, 0.25) is 0 Å². The average Bonchev–Trinajstić information content (AvgIpc) is 3.20. The molecule has 0 bridgehead atoms. The summed E-state index contributed by atoms with van der Waals surface area (Å²) in [6.45, 7) is 4.74. The number of nitrogens with zero attached hydrogens (tertiary/aromatic N) is 1. The standard InChI is InChI=1S/C20H25NO2/c1-18-7-5-13(22)9-12(18)3-4-14-15(18)6-8-19(2)16(14)10-17-20(19,11-21)23-17/h9,14-17H,3-8,10H2,1-2H3/t14-,15+,16+,17-,18+,19+,20-/m1/s1. The van der Waals surface area contributed by atoms with E-state index in [0.717, 1.165) is 32.1 Å². The number of hydrogen-bond donors (Lipinski definition) is 0. The maximum absolute atomic E-state index is 11.9. The maximum Gasteiger partial charge on any atom is 0.186 e. The molecule has 5 rings (SSSR count). The number of rotatable bonds is 0. The van der Waals surface area contributed by atoms with Gasteiger partial charge in [0.2, 0.25) is 0 Å². The van der Waals surface area contributed by atoms with E-state index in [0.29, 0.717) is 23.5 Å². The van der Waals surface area contributed by atoms with Gasteiger partial charge in [-0.3, -0.25) is 4.79 Å². The van der Waals surface area contributed by atoms with Crippen LogP contribution in [-0.2, 0) is 9.53 Å². The third-order valence-electron chi connectivity index (χ3n) is 8.56. The molecule has 0 amide bonds. The van der Waals surface area contributed by atoms with E-state index in [4.69, 9.17) is 4.74 Å². The lowest BCUT2D eigenvalue weighted by atomic mass is 9.46. The second-order valence-corrected chi connectivity index (χ2v) is 9.11. The molecule has 1 saturated heterocycles. The van der Waals surface area contributed by atoms with Crippen LogP contribution in [0.25, 0.3) is 0 Å². The normalized spacial score (nSPS) is 56.6. The Morgan fingerprint density at radius 3 is 2.83 bits per heavy atom. The Morgan fingerprint density at radius 1 is 1.22 bits per heavy atom. The molecular formula is C20H25NO2. The molecule has 122 valence electrons. The van der Waals surface area contributed by atoms with Gasteiger partial charge >= 0.3 is 0 Å². The molecule has 23 heavy (non-hydrogen) atoms. The Kier molecular flexibility index (Phi) is 2.53. The van der Waals surface area contributed by atoms with Crippen LogP contribution >= 0.6 is 0 Å². The summed E-state index contributed by atoms with van der Waals surface area (Å²) in [5.74, 6) is 2.37. The molecule has 1 aliphatic heterocycles. The number of hydrogen-bond acceptors (Lipinski definition) is 3. The number of carbonyl (C=O) groups is 1. The summed E-state index contributed by atoms with van der Waals surface area (Å²) in [5, 5.41) is 9.71. The molecule has 3 nitrogen and oxygen atoms in total. The highest BCUT2D eigenvalue weighted by Crippen LogP contribution is 2.73. The second kappa shape index (κ2) is 4.09. The highest BCUT2D eigenvalue weighted by atomic mass is 16.6. The lowest BCUT2D eigenvalue weighted by Crippen LogP contribution is -2.52. The van der Waals surface area contributed by atoms with E-state index in [1.807, 2.05) is 6.08 Å². The quantitative estimate of drug-likeness (QED) is 0.640. The Bertz CT molecular complexity index is 676. The highest BCUT2D eigenvalue weighted by molar-refractivity contribution is 5.91. The Morgan fingerprint density at radius 2 is 2.04 bits per heavy atom. The number of nitriles is 1. The van der Waals surface area contributed by atoms with Gasteiger partial charge in [0.15, 0.2) is 11.4 Å². The zero-order valence-electron chi connectivity index (χ0n) is 14.1. The Balaban J connectivity index is 1.52. The van der Waals surface area contributed by atoms with Gasteiger partial charge in [-0.05, 0) is 67.8 Å². The van der Waals surface area contributed by atoms with Crippen molar-refractivity contribution in [3.8, 4) is 6.07 Å². The van der Waals surface area contributed by atoms with Crippen molar-refractivity contribution in [3.63, 3.8) is 0 Å². The molecule has 0 N–H and O–H groups in total. The van der Waals surface area contributed by atoms with Crippen molar-refractivity contribution in [1.82, 2.24) is 0 Å². The number of fused-ring (bicyclic) bond motifs is 7. The fourth-order valence-electron chi connectivity index (χ4n) is 7.14. The van der Waals surface area contributed by atoms with Crippen molar-refractivity contribution < 1.29 is 9.53 Å². The SMILES string of the molecule is C[C@]12CCC(=O)C=C1CC[C@@H]1[C@@H]2CC[C@@]2(C)[C@H]1C[C@H]1O[C@]12C#N. The summed E-state index contributed by atoms with van der Waals surface area (Å²) in [6.07, 6.45) is 9.59. The summed E-state index contributed by atoms with van der Waals surface area (Å²) in [5.41, 5.74) is 1.23. The van der Waals surface area contributed by atoms with E-state index < -0.39 is 5.60 Å². The molecular weight excluding hydrogens is 286 g/mol. The van der Waals surface area contributed by atoms with Gasteiger partial charge in [0, 0.05) is 11.8 Å². The molecule has 5 aliphatic rings. The van der Waals surface area contributed by atoms with Crippen molar-refractivity contribution in [2.75, 3.05) is 0 Å². The van der Waals surface area contributed by atoms with Crippen LogP contribution < -0.4 is 0 Å². The smallest absolute Gasteiger partial charge is 0.186 e. The van der Waals surface area contributed by atoms with E-state index in [2.05, 4.69) is 19.9 Å². The van der Waals surface area contributed by atoms with Crippen molar-refractivity contribution in [2.24, 2.45) is 28.6 Å². The van der Waals surface area contributed by atoms with Crippen molar-refractivity contribution in [3.05, 3.63) is 11.6 Å². The second-order valence-electron chi connectivity index (χ2n) is 9.11. The van der Waals surface area contributed by atoms with Gasteiger partial charge in [-0.2, -0.15) is 5.26 Å². The van der Waals surface area contributed by atoms with Crippen LogP contribution in [0.1, 0.15) is 58.8 Å². The molecule has 1 heterocycles. The number of ketones is 1. The van der Waals surface area contributed by atoms with Crippen molar-refractivity contribution in [1.29, 1.82) is 5.26 Å². The van der Waals surface area contributed by atoms with Gasteiger partial charge in [-0.1, -0.05) is 19.4 Å². The van der Waals surface area contributed by atoms with E-state index >= 15 is 0 Å². The maximum atomic E-state index is 11.9. The van der Waals surface area contributed by atoms with Gasteiger partial charge < -0.3 is 4.74 Å². The molecule has 3 saturated carbocycles. The monoisotopic (exact) mass is 311 g/mol. The minimum atomic E-state index is -0.470. The van der Waals surface area contributed by atoms with E-state index in [1.165, 1.54) is 18.4 Å². The fourth-order valence-corrected chi connectivity index (χ4v) is 7.14. The number of epoxide rings is 1. The zero-order valence-corrected chi connectivity index (χ0v) is 14.1. The van der Waals surface area contributed by atoms with Crippen molar-refractivity contribution in [2.45, 2.75) is 70.5 Å². The van der Waals surface area contributed by atoms with E-state index in [-0.39, 0.29) is 16.9 Å². The molecule has 0 aromatic carbocycles. The molecule has 3 heteroatoms. The summed E-state index contributed by atoms with van der Waals surface area (Å²) in [6, 6.07) is 2.54. The number of carbonyl (C=O) groups excluding carboxylic acids is 1. The predicted molar refractivity (Wildman–Crippen MR) is 85.3 cm³/mol. The molecule has 7 atom stereocenters. The topological polar surface area (TPSA) is 53.4 Å². The van der Waals surface area contributed by atoms with Crippen LogP contribution in [0.5, 0.6) is 0 Å². The first-order valence-electron chi connectivity index (χ1n) is 9.27. The fraction of sp³-hybridized carbons (Fsp3) is 0.800. The van der Waals surface area contributed by atoms with Crippen LogP contribution in [0.4, 0.5) is 0 Å². The van der Waals surface area contributed by atoms with Gasteiger partial charge in [0.05, 0.1) is 0 Å². The average molecular weight is 311 g/mol. The first-order valence-corrected chi connectivity index (χ1v) is 9.27. The summed E-state index contributed by atoms with van der Waals surface area (Å²) in [4.78, 5) is 11.9. The first-order chi connectivity index (χ1) is 10.9. The minimum Gasteiger partial charge on any atom is -0.349 e. The van der Waals surface area contributed by atoms with E-state index in [1.54, 1.807) is 0 Å². The molecule has 4 aliphatic carbocycles. The Hall–Kier alpha value is -1.14. The van der Waals surface area contributed by atoms with Crippen LogP contribution in [0, 0.1) is 39.9 Å². The third kappa shape index (κ3) is 1.48. The van der Waals surface area contributed by atoms with Crippen LogP contribution in [-0.4, -0.2) is 17.5 Å². The minimum absolute atomic E-state index is 0.0512. The molecule has 0 spiro atoms. The summed E-state index contributed by atoms with van der Waals surface area (Å²) in [7, 11) is 0. The lowest BCUT2D eigenvalue weighted by Gasteiger charge is -2.58. The first kappa shape index (κ1) is 14.2. The largest absolute Gasteiger partial charge is 0.349 e. The molecule has 4 fully saturated rings. The van der Waals surface area contributed by atoms with Gasteiger partial charge in [-0.15, -0.1) is 0 Å². The lowest BCUT2D eigenvalue weighted by molar-refractivity contribution is -0.118. The predicted octanol–water partition coefficient (Wildman–Crippen LogP) is 3.79. The molecule has 0 unspecified atom stereocenters. The highest BCUT2D eigenvalue weighted by Gasteiger charge is 2.78. The molecule has 0 aromatic heterocycles. The van der Waals surface area contributed by atoms with E-state index in [9.17, 15) is 10.1 Å². The summed E-state index contributed by atoms with van der Waals surface area (Å²) < 4.78 is 5.87. The van der Waals surface area contributed by atoms with Crippen molar-refractivity contribution >= 4 is 5.78 Å². The van der Waals surface area contributed by atoms with Gasteiger partial charge in [0.25, 0.3) is 0 Å². The van der Waals surface area contributed by atoms with Crippen LogP contribution in [0.3, 0.4) is 0 Å². The summed E-state index contributed by atoms with van der Waals surface area (Å²) >= 11 is 0. The third-order valence-corrected chi connectivity index (χ3v) is 8.56.